The first-order chi connectivity index (χ1) is 7.46. The summed E-state index contributed by atoms with van der Waals surface area (Å²) >= 11 is 9.32. The van der Waals surface area contributed by atoms with Crippen molar-refractivity contribution in [1.82, 2.24) is 5.32 Å². The fourth-order valence-corrected chi connectivity index (χ4v) is 2.53. The lowest BCUT2D eigenvalue weighted by molar-refractivity contribution is 0.0912. The Kier molecular flexibility index (Phi) is 4.81. The average molecular weight is 305 g/mol. The molecule has 0 saturated heterocycles. The van der Waals surface area contributed by atoms with E-state index in [4.69, 9.17) is 11.6 Å². The van der Waals surface area contributed by atoms with Gasteiger partial charge in [0, 0.05) is 10.9 Å². The topological polar surface area (TPSA) is 29.1 Å². The Bertz CT molecular complexity index is 379. The van der Waals surface area contributed by atoms with Crippen LogP contribution in [0, 0.1) is 0 Å². The van der Waals surface area contributed by atoms with Crippen LogP contribution in [0.5, 0.6) is 0 Å². The van der Waals surface area contributed by atoms with Crippen molar-refractivity contribution in [1.29, 1.82) is 0 Å². The third-order valence-electron chi connectivity index (χ3n) is 2.29. The number of alkyl halides is 1. The summed E-state index contributed by atoms with van der Waals surface area (Å²) in [4.78, 5) is 11.9. The predicted molar refractivity (Wildman–Crippen MR) is 71.4 cm³/mol. The largest absolute Gasteiger partial charge is 0.347 e. The quantitative estimate of drug-likeness (QED) is 0.846. The monoisotopic (exact) mass is 303 g/mol. The number of nitrogens with one attached hydrogen (secondary N) is 1. The number of carbonyl (C=O) groups is 1. The molecule has 0 aromatic heterocycles. The maximum atomic E-state index is 11.9. The smallest absolute Gasteiger partial charge is 0.253 e. The Morgan fingerprint density at radius 1 is 1.44 bits per heavy atom. The normalized spacial score (nSPS) is 11.2. The molecule has 0 aliphatic rings. The van der Waals surface area contributed by atoms with Crippen molar-refractivity contribution in [2.24, 2.45) is 0 Å². The van der Waals surface area contributed by atoms with Gasteiger partial charge in [0.05, 0.1) is 10.6 Å². The summed E-state index contributed by atoms with van der Waals surface area (Å²) in [7, 11) is 0. The SMILES string of the molecule is CC(C)(CCBr)NC(=O)c1ccccc1Cl. The van der Waals surface area contributed by atoms with Gasteiger partial charge in [-0.1, -0.05) is 39.7 Å². The van der Waals surface area contributed by atoms with Crippen molar-refractivity contribution in [3.8, 4) is 0 Å². The Morgan fingerprint density at radius 3 is 2.62 bits per heavy atom. The molecule has 1 amide bonds. The molecule has 0 heterocycles. The maximum Gasteiger partial charge on any atom is 0.253 e. The van der Waals surface area contributed by atoms with Crippen LogP contribution in [0.2, 0.25) is 5.02 Å². The summed E-state index contributed by atoms with van der Waals surface area (Å²) in [6, 6.07) is 7.05. The van der Waals surface area contributed by atoms with Crippen molar-refractivity contribution < 1.29 is 4.79 Å². The van der Waals surface area contributed by atoms with E-state index in [0.717, 1.165) is 11.8 Å². The van der Waals surface area contributed by atoms with E-state index in [0.29, 0.717) is 10.6 Å². The molecule has 0 aliphatic carbocycles. The van der Waals surface area contributed by atoms with Gasteiger partial charge in [0.1, 0.15) is 0 Å². The Balaban J connectivity index is 2.77. The number of rotatable bonds is 4. The van der Waals surface area contributed by atoms with Gasteiger partial charge in [-0.15, -0.1) is 0 Å². The number of hydrogen-bond acceptors (Lipinski definition) is 1. The fourth-order valence-electron chi connectivity index (χ4n) is 1.32. The lowest BCUT2D eigenvalue weighted by atomic mass is 10.0. The van der Waals surface area contributed by atoms with Gasteiger partial charge in [0.25, 0.3) is 5.91 Å². The van der Waals surface area contributed by atoms with E-state index in [9.17, 15) is 4.79 Å². The molecule has 0 atom stereocenters. The summed E-state index contributed by atoms with van der Waals surface area (Å²) < 4.78 is 0. The molecule has 0 aliphatic heterocycles. The van der Waals surface area contributed by atoms with Crippen LogP contribution in [0.25, 0.3) is 0 Å². The van der Waals surface area contributed by atoms with Crippen molar-refractivity contribution in [2.45, 2.75) is 25.8 Å². The second-order valence-electron chi connectivity index (χ2n) is 4.26. The molecule has 0 spiro atoms. The molecular formula is C12H15BrClNO. The second kappa shape index (κ2) is 5.69. The van der Waals surface area contributed by atoms with E-state index >= 15 is 0 Å². The highest BCUT2D eigenvalue weighted by atomic mass is 79.9. The van der Waals surface area contributed by atoms with Crippen LogP contribution in [0.1, 0.15) is 30.6 Å². The van der Waals surface area contributed by atoms with E-state index in [2.05, 4.69) is 21.2 Å². The summed E-state index contributed by atoms with van der Waals surface area (Å²) in [6.07, 6.45) is 0.864. The zero-order chi connectivity index (χ0) is 12.2. The van der Waals surface area contributed by atoms with Gasteiger partial charge in [-0.3, -0.25) is 4.79 Å². The highest BCUT2D eigenvalue weighted by Gasteiger charge is 2.21. The number of amides is 1. The van der Waals surface area contributed by atoms with Crippen LogP contribution in [-0.4, -0.2) is 16.8 Å². The zero-order valence-corrected chi connectivity index (χ0v) is 11.7. The minimum atomic E-state index is -0.236. The van der Waals surface area contributed by atoms with E-state index in [1.165, 1.54) is 0 Å². The number of hydrogen-bond donors (Lipinski definition) is 1. The van der Waals surface area contributed by atoms with E-state index in [-0.39, 0.29) is 11.4 Å². The maximum absolute atomic E-state index is 11.9. The third-order valence-corrected chi connectivity index (χ3v) is 3.02. The van der Waals surface area contributed by atoms with Crippen molar-refractivity contribution >= 4 is 33.4 Å². The number of halogens is 2. The van der Waals surface area contributed by atoms with Crippen LogP contribution in [0.15, 0.2) is 24.3 Å². The van der Waals surface area contributed by atoms with Crippen molar-refractivity contribution in [3.05, 3.63) is 34.9 Å². The molecule has 1 aromatic rings. The van der Waals surface area contributed by atoms with E-state index < -0.39 is 0 Å². The Labute approximate surface area is 110 Å². The third kappa shape index (κ3) is 3.80. The Morgan fingerprint density at radius 2 is 2.06 bits per heavy atom. The van der Waals surface area contributed by atoms with Crippen LogP contribution in [0.4, 0.5) is 0 Å². The first kappa shape index (κ1) is 13.5. The van der Waals surface area contributed by atoms with Gasteiger partial charge < -0.3 is 5.32 Å². The lowest BCUT2D eigenvalue weighted by Gasteiger charge is -2.25. The molecule has 0 radical (unpaired) electrons. The summed E-state index contributed by atoms with van der Waals surface area (Å²) in [5.74, 6) is -0.128. The molecule has 4 heteroatoms. The predicted octanol–water partition coefficient (Wildman–Crippen LogP) is 3.63. The Hall–Kier alpha value is -0.540. The molecule has 1 N–H and O–H groups in total. The highest BCUT2D eigenvalue weighted by Crippen LogP contribution is 2.17. The molecule has 0 saturated carbocycles. The summed E-state index contributed by atoms with van der Waals surface area (Å²) in [5, 5.41) is 4.29. The van der Waals surface area contributed by atoms with Gasteiger partial charge in [-0.25, -0.2) is 0 Å². The lowest BCUT2D eigenvalue weighted by Crippen LogP contribution is -2.43. The molecular weight excluding hydrogens is 289 g/mol. The van der Waals surface area contributed by atoms with Gasteiger partial charge in [-0.2, -0.15) is 0 Å². The number of carbonyl (C=O) groups excluding carboxylic acids is 1. The van der Waals surface area contributed by atoms with Crippen LogP contribution in [0.3, 0.4) is 0 Å². The molecule has 1 aromatic carbocycles. The van der Waals surface area contributed by atoms with E-state index in [1.54, 1.807) is 18.2 Å². The zero-order valence-electron chi connectivity index (χ0n) is 9.39. The molecule has 0 fully saturated rings. The standard InChI is InChI=1S/C12H15BrClNO/c1-12(2,7-8-13)15-11(16)9-5-3-4-6-10(9)14/h3-6H,7-8H2,1-2H3,(H,15,16). The minimum absolute atomic E-state index is 0.128. The molecule has 0 unspecified atom stereocenters. The van der Waals surface area contributed by atoms with Gasteiger partial charge in [-0.05, 0) is 32.4 Å². The fraction of sp³-hybridized carbons (Fsp3) is 0.417. The van der Waals surface area contributed by atoms with E-state index in [1.807, 2.05) is 19.9 Å². The molecule has 16 heavy (non-hydrogen) atoms. The van der Waals surface area contributed by atoms with Crippen LogP contribution in [-0.2, 0) is 0 Å². The highest BCUT2D eigenvalue weighted by molar-refractivity contribution is 9.09. The van der Waals surface area contributed by atoms with Crippen LogP contribution >= 0.6 is 27.5 Å². The van der Waals surface area contributed by atoms with Gasteiger partial charge in [0.15, 0.2) is 0 Å². The molecule has 1 rings (SSSR count). The van der Waals surface area contributed by atoms with Gasteiger partial charge in [0.2, 0.25) is 0 Å². The average Bonchev–Trinajstić information content (AvgIpc) is 2.17. The number of benzene rings is 1. The first-order valence-corrected chi connectivity index (χ1v) is 6.59. The molecule has 88 valence electrons. The second-order valence-corrected chi connectivity index (χ2v) is 5.46. The van der Waals surface area contributed by atoms with Crippen LogP contribution < -0.4 is 5.32 Å². The van der Waals surface area contributed by atoms with Crippen molar-refractivity contribution in [3.63, 3.8) is 0 Å². The van der Waals surface area contributed by atoms with Crippen molar-refractivity contribution in [2.75, 3.05) is 5.33 Å². The molecule has 0 bridgehead atoms. The summed E-state index contributed by atoms with van der Waals surface area (Å²) in [6.45, 7) is 3.98. The minimum Gasteiger partial charge on any atom is -0.347 e. The first-order valence-electron chi connectivity index (χ1n) is 5.09. The summed E-state index contributed by atoms with van der Waals surface area (Å²) in [5.41, 5.74) is 0.284. The molecule has 2 nitrogen and oxygen atoms in total. The van der Waals surface area contributed by atoms with Gasteiger partial charge >= 0.3 is 0 Å².